The summed E-state index contributed by atoms with van der Waals surface area (Å²) in [6.45, 7) is 1.12. The van der Waals surface area contributed by atoms with Crippen LogP contribution in [0, 0.1) is 6.92 Å². The first-order valence-corrected chi connectivity index (χ1v) is 8.20. The molecule has 0 radical (unpaired) electrons. The molecule has 0 fully saturated rings. The van der Waals surface area contributed by atoms with Crippen molar-refractivity contribution in [3.05, 3.63) is 82.5 Å². The number of carboxylic acid groups (broad SMARTS) is 1. The number of nitrogens with one attached hydrogen (secondary N) is 1. The third-order valence-electron chi connectivity index (χ3n) is 4.11. The molecular formula is C20H17N3O4. The maximum atomic E-state index is 12.6. The van der Waals surface area contributed by atoms with Gasteiger partial charge in [-0.1, -0.05) is 18.2 Å². The largest absolute Gasteiger partial charge is 0.480 e. The molecule has 0 unspecified atom stereocenters. The molecule has 2 heterocycles. The van der Waals surface area contributed by atoms with Crippen LogP contribution >= 0.6 is 0 Å². The number of aromatic nitrogens is 2. The minimum Gasteiger partial charge on any atom is -0.480 e. The van der Waals surface area contributed by atoms with Gasteiger partial charge in [0.25, 0.3) is 11.5 Å². The molecule has 7 nitrogen and oxygen atoms in total. The van der Waals surface area contributed by atoms with Crippen LogP contribution in [-0.2, 0) is 11.3 Å². The molecule has 0 aliphatic heterocycles. The van der Waals surface area contributed by atoms with Crippen molar-refractivity contribution in [3.8, 4) is 11.1 Å². The zero-order valence-corrected chi connectivity index (χ0v) is 14.5. The molecule has 0 aliphatic rings. The third-order valence-corrected chi connectivity index (χ3v) is 4.11. The number of rotatable bonds is 5. The average Bonchev–Trinajstić information content (AvgIpc) is 2.68. The number of benzene rings is 1. The highest BCUT2D eigenvalue weighted by Gasteiger charge is 2.13. The molecule has 136 valence electrons. The van der Waals surface area contributed by atoms with Gasteiger partial charge in [0, 0.05) is 35.3 Å². The Kier molecular flexibility index (Phi) is 5.12. The lowest BCUT2D eigenvalue weighted by atomic mass is 10.0. The number of aliphatic carboxylic acids is 1. The zero-order valence-electron chi connectivity index (χ0n) is 14.5. The van der Waals surface area contributed by atoms with Gasteiger partial charge in [-0.25, -0.2) is 0 Å². The molecule has 0 saturated heterocycles. The van der Waals surface area contributed by atoms with Gasteiger partial charge >= 0.3 is 5.97 Å². The Morgan fingerprint density at radius 1 is 1.11 bits per heavy atom. The summed E-state index contributed by atoms with van der Waals surface area (Å²) in [6.07, 6.45) is 3.39. The highest BCUT2D eigenvalue weighted by molar-refractivity contribution is 6.05. The first kappa shape index (κ1) is 18.1. The van der Waals surface area contributed by atoms with E-state index in [4.69, 9.17) is 5.11 Å². The molecule has 1 amide bonds. The van der Waals surface area contributed by atoms with E-state index in [1.54, 1.807) is 37.5 Å². The second-order valence-corrected chi connectivity index (χ2v) is 5.93. The van der Waals surface area contributed by atoms with Crippen LogP contribution in [0.3, 0.4) is 0 Å². The van der Waals surface area contributed by atoms with E-state index < -0.39 is 18.1 Å². The molecule has 0 bridgehead atoms. The summed E-state index contributed by atoms with van der Waals surface area (Å²) >= 11 is 0. The lowest BCUT2D eigenvalue weighted by molar-refractivity contribution is -0.137. The fourth-order valence-corrected chi connectivity index (χ4v) is 2.71. The molecule has 0 atom stereocenters. The van der Waals surface area contributed by atoms with Crippen molar-refractivity contribution in [1.29, 1.82) is 0 Å². The number of pyridine rings is 2. The lowest BCUT2D eigenvalue weighted by Gasteiger charge is -2.13. The van der Waals surface area contributed by atoms with Gasteiger partial charge in [0.1, 0.15) is 6.54 Å². The van der Waals surface area contributed by atoms with Crippen molar-refractivity contribution in [3.63, 3.8) is 0 Å². The number of hydrogen-bond donors (Lipinski definition) is 2. The summed E-state index contributed by atoms with van der Waals surface area (Å²) < 4.78 is 1.10. The highest BCUT2D eigenvalue weighted by Crippen LogP contribution is 2.20. The van der Waals surface area contributed by atoms with Gasteiger partial charge in [0.2, 0.25) is 0 Å². The summed E-state index contributed by atoms with van der Waals surface area (Å²) in [4.78, 5) is 39.5. The quantitative estimate of drug-likeness (QED) is 0.725. The van der Waals surface area contributed by atoms with E-state index in [1.165, 1.54) is 12.1 Å². The van der Waals surface area contributed by atoms with Crippen molar-refractivity contribution in [1.82, 2.24) is 9.55 Å². The summed E-state index contributed by atoms with van der Waals surface area (Å²) in [5.41, 5.74) is 2.49. The molecule has 3 rings (SSSR count). The van der Waals surface area contributed by atoms with E-state index in [1.807, 2.05) is 18.2 Å². The van der Waals surface area contributed by atoms with Crippen molar-refractivity contribution >= 4 is 17.6 Å². The first-order valence-electron chi connectivity index (χ1n) is 8.20. The Morgan fingerprint density at radius 2 is 1.89 bits per heavy atom. The summed E-state index contributed by atoms with van der Waals surface area (Å²) in [6, 6.07) is 13.5. The van der Waals surface area contributed by atoms with Gasteiger partial charge in [-0.3, -0.25) is 23.9 Å². The van der Waals surface area contributed by atoms with Crippen LogP contribution in [0.4, 0.5) is 5.69 Å². The van der Waals surface area contributed by atoms with Crippen LogP contribution in [0.2, 0.25) is 0 Å². The number of nitrogens with zero attached hydrogens (tertiary/aromatic N) is 2. The summed E-state index contributed by atoms with van der Waals surface area (Å²) in [5.74, 6) is -1.49. The maximum Gasteiger partial charge on any atom is 0.323 e. The maximum absolute atomic E-state index is 12.6. The Morgan fingerprint density at radius 3 is 2.59 bits per heavy atom. The molecule has 0 spiro atoms. The Labute approximate surface area is 154 Å². The molecule has 1 aromatic carbocycles. The van der Waals surface area contributed by atoms with Gasteiger partial charge < -0.3 is 10.4 Å². The van der Waals surface area contributed by atoms with Crippen LogP contribution < -0.4 is 10.9 Å². The van der Waals surface area contributed by atoms with E-state index in [2.05, 4.69) is 10.3 Å². The molecule has 7 heteroatoms. The van der Waals surface area contributed by atoms with Crippen LogP contribution in [-0.4, -0.2) is 26.5 Å². The molecule has 27 heavy (non-hydrogen) atoms. The smallest absolute Gasteiger partial charge is 0.323 e. The Balaban J connectivity index is 1.88. The third kappa shape index (κ3) is 4.09. The average molecular weight is 363 g/mol. The lowest BCUT2D eigenvalue weighted by Crippen LogP contribution is -2.27. The summed E-state index contributed by atoms with van der Waals surface area (Å²) in [5, 5.41) is 11.7. The van der Waals surface area contributed by atoms with E-state index >= 15 is 0 Å². The van der Waals surface area contributed by atoms with Gasteiger partial charge in [-0.05, 0) is 36.8 Å². The van der Waals surface area contributed by atoms with Crippen molar-refractivity contribution in [2.45, 2.75) is 13.5 Å². The van der Waals surface area contributed by atoms with E-state index in [9.17, 15) is 14.4 Å². The monoisotopic (exact) mass is 363 g/mol. The molecule has 0 aliphatic carbocycles. The van der Waals surface area contributed by atoms with Crippen LogP contribution in [0.1, 0.15) is 16.1 Å². The van der Waals surface area contributed by atoms with Crippen LogP contribution in [0.15, 0.2) is 65.7 Å². The second-order valence-electron chi connectivity index (χ2n) is 5.93. The van der Waals surface area contributed by atoms with Gasteiger partial charge in [-0.2, -0.15) is 0 Å². The fraction of sp³-hybridized carbons (Fsp3) is 0.100. The number of hydrogen-bond acceptors (Lipinski definition) is 4. The van der Waals surface area contributed by atoms with Crippen molar-refractivity contribution in [2.75, 3.05) is 5.32 Å². The number of carbonyl (C=O) groups excluding carboxylic acids is 1. The highest BCUT2D eigenvalue weighted by atomic mass is 16.4. The topological polar surface area (TPSA) is 101 Å². The van der Waals surface area contributed by atoms with E-state index in [-0.39, 0.29) is 5.91 Å². The molecule has 2 aromatic heterocycles. The number of carbonyl (C=O) groups is 2. The van der Waals surface area contributed by atoms with Gasteiger partial charge in [0.05, 0.1) is 5.69 Å². The predicted molar refractivity (Wildman–Crippen MR) is 101 cm³/mol. The molecular weight excluding hydrogens is 346 g/mol. The zero-order chi connectivity index (χ0) is 19.4. The minimum absolute atomic E-state index is 0.357. The summed E-state index contributed by atoms with van der Waals surface area (Å²) in [7, 11) is 0. The van der Waals surface area contributed by atoms with Crippen LogP contribution in [0.5, 0.6) is 0 Å². The number of carboxylic acids is 1. The van der Waals surface area contributed by atoms with E-state index in [0.29, 0.717) is 16.9 Å². The fourth-order valence-electron chi connectivity index (χ4n) is 2.71. The molecule has 3 aromatic rings. The van der Waals surface area contributed by atoms with Gasteiger partial charge in [0.15, 0.2) is 0 Å². The van der Waals surface area contributed by atoms with E-state index in [0.717, 1.165) is 15.7 Å². The minimum atomic E-state index is -1.13. The second kappa shape index (κ2) is 7.65. The molecule has 2 N–H and O–H groups in total. The van der Waals surface area contributed by atoms with Crippen molar-refractivity contribution in [2.24, 2.45) is 0 Å². The van der Waals surface area contributed by atoms with Gasteiger partial charge in [-0.15, -0.1) is 0 Å². The standard InChI is InChI=1S/C20H17N3O4/c1-13-17(7-8-18(24)23(13)12-19(25)26)22-20(27)15-5-2-4-14(10-15)16-6-3-9-21-11-16/h2-11H,12H2,1H3,(H,22,27)(H,25,26). The SMILES string of the molecule is Cc1c(NC(=O)c2cccc(-c3cccnc3)c2)ccc(=O)n1CC(=O)O. The Bertz CT molecular complexity index is 1060. The normalized spacial score (nSPS) is 10.4. The number of anilines is 1. The van der Waals surface area contributed by atoms with Crippen LogP contribution in [0.25, 0.3) is 11.1 Å². The predicted octanol–water partition coefficient (Wildman–Crippen LogP) is 2.56. The Hall–Kier alpha value is -3.74. The van der Waals surface area contributed by atoms with Crippen molar-refractivity contribution < 1.29 is 14.7 Å². The first-order chi connectivity index (χ1) is 13.0. The molecule has 0 saturated carbocycles. The number of amides is 1.